The monoisotopic (exact) mass is 311 g/mol. The lowest BCUT2D eigenvalue weighted by atomic mass is 9.88. The van der Waals surface area contributed by atoms with Gasteiger partial charge in [-0.15, -0.1) is 0 Å². The molecular formula is C18H25N5. The molecule has 1 unspecified atom stereocenters. The summed E-state index contributed by atoms with van der Waals surface area (Å²) in [7, 11) is 0. The smallest absolute Gasteiger partial charge is 0.157 e. The van der Waals surface area contributed by atoms with E-state index in [9.17, 15) is 0 Å². The van der Waals surface area contributed by atoms with Crippen molar-refractivity contribution < 1.29 is 0 Å². The van der Waals surface area contributed by atoms with Crippen LogP contribution in [-0.4, -0.2) is 44.0 Å². The average molecular weight is 311 g/mol. The number of hydrogen-bond donors (Lipinski definition) is 1. The number of nitrogens with zero attached hydrogens (tertiary/aromatic N) is 4. The molecule has 1 N–H and O–H groups in total. The summed E-state index contributed by atoms with van der Waals surface area (Å²) in [6.45, 7) is 2.37. The van der Waals surface area contributed by atoms with Crippen molar-refractivity contribution in [3.63, 3.8) is 0 Å². The zero-order chi connectivity index (χ0) is 15.5. The first-order valence-corrected chi connectivity index (χ1v) is 8.96. The minimum absolute atomic E-state index is 0.472. The average Bonchev–Trinajstić information content (AvgIpc) is 3.17. The molecule has 1 aliphatic heterocycles. The number of nitrogens with one attached hydrogen (secondary N) is 1. The van der Waals surface area contributed by atoms with Crippen LogP contribution in [0.1, 0.15) is 56.6 Å². The van der Waals surface area contributed by atoms with Crippen LogP contribution < -0.4 is 0 Å². The molecule has 5 heteroatoms. The van der Waals surface area contributed by atoms with Crippen LogP contribution in [0.3, 0.4) is 0 Å². The van der Waals surface area contributed by atoms with Gasteiger partial charge in [-0.3, -0.25) is 9.88 Å². The molecule has 4 rings (SSSR count). The van der Waals surface area contributed by atoms with Crippen molar-refractivity contribution in [1.29, 1.82) is 0 Å². The Hall–Kier alpha value is -1.75. The molecule has 0 spiro atoms. The van der Waals surface area contributed by atoms with Crippen molar-refractivity contribution in [3.8, 4) is 11.5 Å². The van der Waals surface area contributed by atoms with Gasteiger partial charge in [-0.2, -0.15) is 0 Å². The maximum atomic E-state index is 4.69. The summed E-state index contributed by atoms with van der Waals surface area (Å²) >= 11 is 0. The number of H-pyrrole nitrogens is 1. The van der Waals surface area contributed by atoms with Gasteiger partial charge in [0.2, 0.25) is 0 Å². The highest BCUT2D eigenvalue weighted by Crippen LogP contribution is 2.33. The lowest BCUT2D eigenvalue weighted by Crippen LogP contribution is -2.43. The minimum atomic E-state index is 0.472. The summed E-state index contributed by atoms with van der Waals surface area (Å²) < 4.78 is 0. The summed E-state index contributed by atoms with van der Waals surface area (Å²) in [5.74, 6) is 1.31. The van der Waals surface area contributed by atoms with Gasteiger partial charge in [0, 0.05) is 43.3 Å². The van der Waals surface area contributed by atoms with Gasteiger partial charge in [-0.25, -0.2) is 9.97 Å². The van der Waals surface area contributed by atoms with E-state index in [1.165, 1.54) is 51.5 Å². The highest BCUT2D eigenvalue weighted by molar-refractivity contribution is 5.53. The highest BCUT2D eigenvalue weighted by Gasteiger charge is 2.30. The molecule has 2 aromatic rings. The molecule has 1 saturated heterocycles. The zero-order valence-electron chi connectivity index (χ0n) is 13.6. The van der Waals surface area contributed by atoms with Crippen LogP contribution in [0.4, 0.5) is 0 Å². The molecule has 1 aliphatic carbocycles. The second-order valence-electron chi connectivity index (χ2n) is 6.85. The molecule has 5 nitrogen and oxygen atoms in total. The Bertz CT molecular complexity index is 618. The van der Waals surface area contributed by atoms with Gasteiger partial charge in [0.15, 0.2) is 5.82 Å². The summed E-state index contributed by atoms with van der Waals surface area (Å²) in [6, 6.07) is 0.787. The van der Waals surface area contributed by atoms with Crippen molar-refractivity contribution in [2.75, 3.05) is 13.1 Å². The van der Waals surface area contributed by atoms with E-state index in [4.69, 9.17) is 0 Å². The van der Waals surface area contributed by atoms with E-state index in [-0.39, 0.29) is 0 Å². The number of piperidine rings is 1. The molecule has 1 atom stereocenters. The fourth-order valence-corrected chi connectivity index (χ4v) is 4.23. The number of aromatic nitrogens is 4. The van der Waals surface area contributed by atoms with Crippen molar-refractivity contribution in [1.82, 2.24) is 24.8 Å². The van der Waals surface area contributed by atoms with Gasteiger partial charge < -0.3 is 4.98 Å². The first kappa shape index (κ1) is 14.8. The fourth-order valence-electron chi connectivity index (χ4n) is 4.23. The Morgan fingerprint density at radius 2 is 1.78 bits per heavy atom. The van der Waals surface area contributed by atoms with Crippen LogP contribution in [0, 0.1) is 0 Å². The predicted octanol–water partition coefficient (Wildman–Crippen LogP) is 3.38. The summed E-state index contributed by atoms with van der Waals surface area (Å²) in [4.78, 5) is 19.5. The summed E-state index contributed by atoms with van der Waals surface area (Å²) in [5.41, 5.74) is 2.04. The first-order valence-electron chi connectivity index (χ1n) is 8.96. The lowest BCUT2D eigenvalue weighted by molar-refractivity contribution is 0.118. The molecule has 2 fully saturated rings. The minimum Gasteiger partial charge on any atom is -0.343 e. The van der Waals surface area contributed by atoms with Crippen LogP contribution >= 0.6 is 0 Å². The Balaban J connectivity index is 1.56. The molecule has 0 aromatic carbocycles. The van der Waals surface area contributed by atoms with Crippen molar-refractivity contribution in [2.24, 2.45) is 0 Å². The van der Waals surface area contributed by atoms with E-state index < -0.39 is 0 Å². The second kappa shape index (κ2) is 6.79. The van der Waals surface area contributed by atoms with E-state index in [2.05, 4.69) is 24.8 Å². The fraction of sp³-hybridized carbons (Fsp3) is 0.611. The normalized spacial score (nSPS) is 23.9. The quantitative estimate of drug-likeness (QED) is 0.944. The number of hydrogen-bond acceptors (Lipinski definition) is 4. The molecule has 3 heterocycles. The van der Waals surface area contributed by atoms with E-state index in [1.807, 2.05) is 12.4 Å². The van der Waals surface area contributed by atoms with E-state index in [0.717, 1.165) is 29.8 Å². The van der Waals surface area contributed by atoms with Crippen molar-refractivity contribution in [3.05, 3.63) is 30.5 Å². The maximum Gasteiger partial charge on any atom is 0.157 e. The van der Waals surface area contributed by atoms with E-state index >= 15 is 0 Å². The van der Waals surface area contributed by atoms with Crippen LogP contribution in [0.2, 0.25) is 0 Å². The Morgan fingerprint density at radius 1 is 0.913 bits per heavy atom. The van der Waals surface area contributed by atoms with Crippen molar-refractivity contribution >= 4 is 0 Å². The van der Waals surface area contributed by atoms with E-state index in [0.29, 0.717) is 5.92 Å². The molecule has 1 saturated carbocycles. The summed E-state index contributed by atoms with van der Waals surface area (Å²) in [6.07, 6.45) is 16.6. The van der Waals surface area contributed by atoms with Gasteiger partial charge in [0.1, 0.15) is 5.69 Å². The van der Waals surface area contributed by atoms with E-state index in [1.54, 1.807) is 12.4 Å². The Labute approximate surface area is 137 Å². The number of likely N-dealkylation sites (tertiary alicyclic amines) is 1. The third kappa shape index (κ3) is 3.15. The summed E-state index contributed by atoms with van der Waals surface area (Å²) in [5, 5.41) is 0. The molecule has 2 aliphatic rings. The van der Waals surface area contributed by atoms with Crippen LogP contribution in [0.5, 0.6) is 0 Å². The molecule has 23 heavy (non-hydrogen) atoms. The maximum absolute atomic E-state index is 4.69. The predicted molar refractivity (Wildman–Crippen MR) is 90.0 cm³/mol. The second-order valence-corrected chi connectivity index (χ2v) is 6.85. The molecule has 122 valence electrons. The molecule has 0 bridgehead atoms. The molecule has 0 amide bonds. The number of rotatable bonds is 3. The topological polar surface area (TPSA) is 57.7 Å². The molecular weight excluding hydrogens is 286 g/mol. The molecule has 0 radical (unpaired) electrons. The highest BCUT2D eigenvalue weighted by atomic mass is 15.2. The van der Waals surface area contributed by atoms with Crippen LogP contribution in [0.25, 0.3) is 11.5 Å². The standard InChI is InChI=1S/C18H25N5/c1-2-6-15(7-3-1)23-12-4-5-14(13-23)16-17(20-9-8-19-16)18-21-10-11-22-18/h8-11,14-15H,1-7,12-13H2,(H,21,22). The zero-order valence-corrected chi connectivity index (χ0v) is 13.6. The van der Waals surface area contributed by atoms with Crippen LogP contribution in [0.15, 0.2) is 24.8 Å². The third-order valence-electron chi connectivity index (χ3n) is 5.38. The lowest BCUT2D eigenvalue weighted by Gasteiger charge is -2.40. The van der Waals surface area contributed by atoms with Gasteiger partial charge >= 0.3 is 0 Å². The van der Waals surface area contributed by atoms with Gasteiger partial charge in [0.05, 0.1) is 5.69 Å². The Kier molecular flexibility index (Phi) is 4.37. The van der Waals surface area contributed by atoms with Crippen LogP contribution in [-0.2, 0) is 0 Å². The third-order valence-corrected chi connectivity index (χ3v) is 5.38. The SMILES string of the molecule is c1c[nH]c(-c2nccnc2C2CCCN(C3CCCCC3)C2)n1. The molecule has 2 aromatic heterocycles. The van der Waals surface area contributed by atoms with Crippen molar-refractivity contribution in [2.45, 2.75) is 56.9 Å². The van der Waals surface area contributed by atoms with Gasteiger partial charge in [0.25, 0.3) is 0 Å². The van der Waals surface area contributed by atoms with Gasteiger partial charge in [-0.1, -0.05) is 19.3 Å². The number of aromatic amines is 1. The Morgan fingerprint density at radius 3 is 2.61 bits per heavy atom. The first-order chi connectivity index (χ1) is 11.4. The number of imidazole rings is 1. The largest absolute Gasteiger partial charge is 0.343 e. The van der Waals surface area contributed by atoms with Gasteiger partial charge in [-0.05, 0) is 32.2 Å².